The number of halogens is 4. The molecule has 0 unspecified atom stereocenters. The lowest BCUT2D eigenvalue weighted by atomic mass is 9.88. The maximum Gasteiger partial charge on any atom is 0.297 e. The first-order valence-corrected chi connectivity index (χ1v) is 12.2. The predicted molar refractivity (Wildman–Crippen MR) is 125 cm³/mol. The molecule has 194 valence electrons. The Bertz CT molecular complexity index is 1360. The summed E-state index contributed by atoms with van der Waals surface area (Å²) in [5.74, 6) is -1.83. The summed E-state index contributed by atoms with van der Waals surface area (Å²) in [7, 11) is 0. The number of fused-ring (bicyclic) bond motifs is 3. The van der Waals surface area contributed by atoms with Crippen molar-refractivity contribution in [2.45, 2.75) is 44.6 Å². The Labute approximate surface area is 208 Å². The van der Waals surface area contributed by atoms with Crippen molar-refractivity contribution in [1.82, 2.24) is 34.9 Å². The van der Waals surface area contributed by atoms with E-state index in [4.69, 9.17) is 4.74 Å². The molecular formula is C24H24F4N8O. The Morgan fingerprint density at radius 3 is 2.46 bits per heavy atom. The molecule has 0 amide bonds. The van der Waals surface area contributed by atoms with E-state index in [1.807, 2.05) is 18.2 Å². The van der Waals surface area contributed by atoms with Crippen molar-refractivity contribution in [3.05, 3.63) is 53.5 Å². The quantitative estimate of drug-likeness (QED) is 0.370. The molecule has 2 aliphatic heterocycles. The minimum Gasteiger partial charge on any atom is -0.381 e. The third-order valence-electron chi connectivity index (χ3n) is 7.00. The minimum absolute atomic E-state index is 0.159. The first kappa shape index (κ1) is 23.8. The number of H-pyrrole nitrogens is 1. The Kier molecular flexibility index (Phi) is 6.22. The van der Waals surface area contributed by atoms with Gasteiger partial charge < -0.3 is 14.6 Å². The second kappa shape index (κ2) is 9.69. The van der Waals surface area contributed by atoms with Gasteiger partial charge in [0.1, 0.15) is 0 Å². The van der Waals surface area contributed by atoms with Crippen LogP contribution < -0.4 is 4.90 Å². The summed E-state index contributed by atoms with van der Waals surface area (Å²) in [5.41, 5.74) is 3.69. The van der Waals surface area contributed by atoms with Crippen molar-refractivity contribution in [3.63, 3.8) is 0 Å². The van der Waals surface area contributed by atoms with Crippen molar-refractivity contribution < 1.29 is 22.3 Å². The summed E-state index contributed by atoms with van der Waals surface area (Å²) in [5, 5.41) is 9.42. The predicted octanol–water partition coefficient (Wildman–Crippen LogP) is 4.73. The monoisotopic (exact) mass is 516 g/mol. The van der Waals surface area contributed by atoms with Crippen LogP contribution in [-0.2, 0) is 11.2 Å². The standard InChI is InChI=1S/C24H24F4N8O/c25-20(26)22-32-23(21(27)28)34-24(33-22)35-8-5-15-16-11-14(36-29-6-7-30-36)3-4-17(16)31-19(15)18(35)10-13-2-1-9-37-12-13/h3-4,6-7,11,13,18,20-21,31H,1-2,5,8-10,12H2/t13-,18-/m0/s1. The third-order valence-corrected chi connectivity index (χ3v) is 7.00. The normalized spacial score (nSPS) is 20.2. The van der Waals surface area contributed by atoms with E-state index < -0.39 is 24.5 Å². The SMILES string of the molecule is FC(F)c1nc(C(F)F)nc(N2CCc3c([nH]c4ccc(-n5nccn5)cc34)[C@@H]2C[C@@H]2CCCOC2)n1. The maximum atomic E-state index is 13.5. The van der Waals surface area contributed by atoms with Crippen LogP contribution in [0.1, 0.15) is 61.1 Å². The fourth-order valence-electron chi connectivity index (χ4n) is 5.34. The number of nitrogens with zero attached hydrogens (tertiary/aromatic N) is 7. The number of hydrogen-bond acceptors (Lipinski definition) is 7. The number of aromatic amines is 1. The van der Waals surface area contributed by atoms with Crippen LogP contribution in [0, 0.1) is 5.92 Å². The van der Waals surface area contributed by atoms with E-state index in [0.29, 0.717) is 32.6 Å². The van der Waals surface area contributed by atoms with Gasteiger partial charge in [-0.1, -0.05) is 0 Å². The lowest BCUT2D eigenvalue weighted by Crippen LogP contribution is -2.39. The molecular weight excluding hydrogens is 492 g/mol. The first-order valence-electron chi connectivity index (χ1n) is 12.2. The molecule has 37 heavy (non-hydrogen) atoms. The molecule has 6 rings (SSSR count). The van der Waals surface area contributed by atoms with E-state index in [1.165, 1.54) is 4.80 Å². The van der Waals surface area contributed by atoms with Gasteiger partial charge in [-0.3, -0.25) is 0 Å². The molecule has 0 bridgehead atoms. The van der Waals surface area contributed by atoms with Gasteiger partial charge in [-0.05, 0) is 55.4 Å². The van der Waals surface area contributed by atoms with Gasteiger partial charge in [0.2, 0.25) is 17.6 Å². The van der Waals surface area contributed by atoms with Gasteiger partial charge in [0, 0.05) is 36.4 Å². The van der Waals surface area contributed by atoms with Gasteiger partial charge in [0.05, 0.1) is 24.1 Å². The molecule has 0 aliphatic carbocycles. The molecule has 0 saturated carbocycles. The number of nitrogens with one attached hydrogen (secondary N) is 1. The van der Waals surface area contributed by atoms with Crippen LogP contribution in [0.2, 0.25) is 0 Å². The van der Waals surface area contributed by atoms with Crippen LogP contribution in [0.4, 0.5) is 23.5 Å². The summed E-state index contributed by atoms with van der Waals surface area (Å²) in [6.07, 6.45) is 0.0833. The Morgan fingerprint density at radius 1 is 1.03 bits per heavy atom. The zero-order valence-corrected chi connectivity index (χ0v) is 19.7. The number of aromatic nitrogens is 7. The Balaban J connectivity index is 1.44. The molecule has 4 aromatic rings. The summed E-state index contributed by atoms with van der Waals surface area (Å²) in [6, 6.07) is 5.52. The summed E-state index contributed by atoms with van der Waals surface area (Å²) < 4.78 is 59.7. The smallest absolute Gasteiger partial charge is 0.297 e. The van der Waals surface area contributed by atoms with Gasteiger partial charge in [-0.25, -0.2) is 22.5 Å². The number of ether oxygens (including phenoxy) is 1. The van der Waals surface area contributed by atoms with Crippen LogP contribution in [0.3, 0.4) is 0 Å². The molecule has 2 aliphatic rings. The third kappa shape index (κ3) is 4.52. The van der Waals surface area contributed by atoms with Gasteiger partial charge in [-0.15, -0.1) is 0 Å². The van der Waals surface area contributed by atoms with Crippen LogP contribution in [0.25, 0.3) is 16.6 Å². The molecule has 9 nitrogen and oxygen atoms in total. The second-order valence-electron chi connectivity index (χ2n) is 9.30. The van der Waals surface area contributed by atoms with E-state index in [0.717, 1.165) is 40.7 Å². The van der Waals surface area contributed by atoms with Crippen LogP contribution >= 0.6 is 0 Å². The van der Waals surface area contributed by atoms with Gasteiger partial charge in [-0.2, -0.15) is 25.0 Å². The average Bonchev–Trinajstić information content (AvgIpc) is 3.57. The molecule has 3 aromatic heterocycles. The molecule has 1 N–H and O–H groups in total. The zero-order chi connectivity index (χ0) is 25.5. The average molecular weight is 517 g/mol. The van der Waals surface area contributed by atoms with Gasteiger partial charge in [0.15, 0.2) is 0 Å². The number of benzene rings is 1. The highest BCUT2D eigenvalue weighted by Crippen LogP contribution is 2.41. The molecule has 2 atom stereocenters. The van der Waals surface area contributed by atoms with Crippen molar-refractivity contribution in [2.75, 3.05) is 24.7 Å². The van der Waals surface area contributed by atoms with Crippen LogP contribution in [0.5, 0.6) is 0 Å². The van der Waals surface area contributed by atoms with E-state index in [1.54, 1.807) is 17.3 Å². The highest BCUT2D eigenvalue weighted by Gasteiger charge is 2.35. The Morgan fingerprint density at radius 2 is 1.78 bits per heavy atom. The molecule has 13 heteroatoms. The van der Waals surface area contributed by atoms with Crippen molar-refractivity contribution in [2.24, 2.45) is 5.92 Å². The fraction of sp³-hybridized carbons (Fsp3) is 0.458. The Hall–Kier alpha value is -3.61. The summed E-state index contributed by atoms with van der Waals surface area (Å²) in [6.45, 7) is 1.66. The van der Waals surface area contributed by atoms with E-state index >= 15 is 0 Å². The minimum atomic E-state index is -3.09. The van der Waals surface area contributed by atoms with Crippen molar-refractivity contribution >= 4 is 16.9 Å². The highest BCUT2D eigenvalue weighted by atomic mass is 19.3. The van der Waals surface area contributed by atoms with Crippen LogP contribution in [-0.4, -0.2) is 54.7 Å². The zero-order valence-electron chi connectivity index (χ0n) is 19.7. The topological polar surface area (TPSA) is 97.6 Å². The number of anilines is 1. The number of rotatable bonds is 6. The van der Waals surface area contributed by atoms with Gasteiger partial charge in [0.25, 0.3) is 12.9 Å². The van der Waals surface area contributed by atoms with E-state index in [9.17, 15) is 17.6 Å². The lowest BCUT2D eigenvalue weighted by Gasteiger charge is -2.38. The molecule has 1 aromatic carbocycles. The highest BCUT2D eigenvalue weighted by molar-refractivity contribution is 5.87. The number of hydrogen-bond donors (Lipinski definition) is 1. The molecule has 1 saturated heterocycles. The molecule has 0 spiro atoms. The van der Waals surface area contributed by atoms with Crippen molar-refractivity contribution in [3.8, 4) is 5.69 Å². The van der Waals surface area contributed by atoms with E-state index in [2.05, 4.69) is 30.1 Å². The number of alkyl halides is 4. The van der Waals surface area contributed by atoms with Crippen LogP contribution in [0.15, 0.2) is 30.6 Å². The molecule has 0 radical (unpaired) electrons. The maximum absolute atomic E-state index is 13.5. The lowest BCUT2D eigenvalue weighted by molar-refractivity contribution is 0.0483. The molecule has 1 fully saturated rings. The largest absolute Gasteiger partial charge is 0.381 e. The van der Waals surface area contributed by atoms with E-state index in [-0.39, 0.29) is 17.9 Å². The van der Waals surface area contributed by atoms with Gasteiger partial charge >= 0.3 is 0 Å². The second-order valence-corrected chi connectivity index (χ2v) is 9.30. The summed E-state index contributed by atoms with van der Waals surface area (Å²) >= 11 is 0. The molecule has 5 heterocycles. The van der Waals surface area contributed by atoms with Crippen molar-refractivity contribution in [1.29, 1.82) is 0 Å². The fourth-order valence-corrected chi connectivity index (χ4v) is 5.34. The summed E-state index contributed by atoms with van der Waals surface area (Å²) in [4.78, 5) is 17.9. The first-order chi connectivity index (χ1) is 18.0.